The van der Waals surface area contributed by atoms with Gasteiger partial charge in [-0.25, -0.2) is 4.57 Å². The number of phosphoric acid groups is 1. The molecule has 6 atom stereocenters. The first-order chi connectivity index (χ1) is 29.0. The van der Waals surface area contributed by atoms with Crippen LogP contribution in [0.2, 0.25) is 0 Å². The molecule has 0 radical (unpaired) electrons. The summed E-state index contributed by atoms with van der Waals surface area (Å²) in [4.78, 5) is 47.7. The number of carbonyl (C=O) groups excluding carboxylic acids is 3. The van der Waals surface area contributed by atoms with Crippen LogP contribution in [-0.4, -0.2) is 77.5 Å². The van der Waals surface area contributed by atoms with Crippen molar-refractivity contribution in [3.63, 3.8) is 0 Å². The van der Waals surface area contributed by atoms with Crippen LogP contribution >= 0.6 is 7.82 Å². The van der Waals surface area contributed by atoms with Gasteiger partial charge in [0.2, 0.25) is 0 Å². The Bertz CT molecular complexity index is 1330. The van der Waals surface area contributed by atoms with Crippen LogP contribution in [0.15, 0.2) is 60.8 Å². The zero-order chi connectivity index (χ0) is 44.1. The second-order valence-corrected chi connectivity index (χ2v) is 17.1. The van der Waals surface area contributed by atoms with E-state index in [1.165, 1.54) is 25.7 Å². The summed E-state index contributed by atoms with van der Waals surface area (Å²) in [6, 6.07) is 0. The van der Waals surface area contributed by atoms with Gasteiger partial charge in [-0.05, 0) is 70.6 Å². The molecule has 0 bridgehead atoms. The molecule has 0 amide bonds. The highest BCUT2D eigenvalue weighted by molar-refractivity contribution is 7.47. The third kappa shape index (κ3) is 30.3. The largest absolute Gasteiger partial charge is 0.472 e. The van der Waals surface area contributed by atoms with Gasteiger partial charge in [-0.1, -0.05) is 132 Å². The third-order valence-corrected chi connectivity index (χ3v) is 11.3. The highest BCUT2D eigenvalue weighted by Crippen LogP contribution is 2.43. The molecular weight excluding hydrogens is 785 g/mol. The van der Waals surface area contributed by atoms with Crippen molar-refractivity contribution in [3.05, 3.63) is 60.8 Å². The summed E-state index contributed by atoms with van der Waals surface area (Å²) < 4.78 is 32.8. The Morgan fingerprint density at radius 3 is 1.97 bits per heavy atom. The van der Waals surface area contributed by atoms with Crippen molar-refractivity contribution in [2.45, 2.75) is 180 Å². The molecule has 1 fully saturated rings. The maximum absolute atomic E-state index is 12.7. The number of nitrogens with two attached hydrogens (primary N) is 1. The minimum absolute atomic E-state index is 0.00731. The molecule has 13 heteroatoms. The highest BCUT2D eigenvalue weighted by atomic mass is 31.2. The lowest BCUT2D eigenvalue weighted by Gasteiger charge is -2.20. The van der Waals surface area contributed by atoms with Crippen LogP contribution in [0.3, 0.4) is 0 Å². The average Bonchev–Trinajstić information content (AvgIpc) is 3.49. The molecule has 0 spiro atoms. The van der Waals surface area contributed by atoms with Crippen molar-refractivity contribution in [3.8, 4) is 0 Å². The van der Waals surface area contributed by atoms with E-state index in [0.717, 1.165) is 70.6 Å². The summed E-state index contributed by atoms with van der Waals surface area (Å²) in [7, 11) is -4.46. The quantitative estimate of drug-likeness (QED) is 0.0199. The SMILES string of the molecule is CCCCC/C=C\C/C=C\C/C=C\C/C=C\CCCCCC(=O)OC[C@H](COP(=O)(O)OCCN)OC(=O)CCCCCC[C@H]1C(=O)C[C@@H](O)[C@@H]1/C=C/[C@@H](O)CCCCC. The van der Waals surface area contributed by atoms with Gasteiger partial charge in [0.15, 0.2) is 6.10 Å². The van der Waals surface area contributed by atoms with Gasteiger partial charge < -0.3 is 30.3 Å². The molecule has 0 aromatic rings. The zero-order valence-electron chi connectivity index (χ0n) is 36.9. The molecule has 0 saturated heterocycles. The van der Waals surface area contributed by atoms with E-state index in [1.54, 1.807) is 12.2 Å². The van der Waals surface area contributed by atoms with Gasteiger partial charge in [0, 0.05) is 37.6 Å². The number of unbranched alkanes of at least 4 members (excludes halogenated alkanes) is 11. The van der Waals surface area contributed by atoms with E-state index in [-0.39, 0.29) is 56.6 Å². The number of rotatable bonds is 38. The zero-order valence-corrected chi connectivity index (χ0v) is 37.8. The fourth-order valence-electron chi connectivity index (χ4n) is 6.81. The third-order valence-electron chi connectivity index (χ3n) is 10.3. The van der Waals surface area contributed by atoms with Crippen LogP contribution in [0.4, 0.5) is 0 Å². The summed E-state index contributed by atoms with van der Waals surface area (Å²) in [5.74, 6) is -1.59. The summed E-state index contributed by atoms with van der Waals surface area (Å²) in [5, 5.41) is 20.7. The summed E-state index contributed by atoms with van der Waals surface area (Å²) in [6.07, 6.45) is 37.2. The lowest BCUT2D eigenvalue weighted by Crippen LogP contribution is -2.29. The molecule has 1 unspecified atom stereocenters. The van der Waals surface area contributed by atoms with Gasteiger partial charge in [0.05, 0.1) is 25.4 Å². The van der Waals surface area contributed by atoms with E-state index >= 15 is 0 Å². The second-order valence-electron chi connectivity index (χ2n) is 15.7. The van der Waals surface area contributed by atoms with Crippen molar-refractivity contribution < 1.29 is 52.6 Å². The highest BCUT2D eigenvalue weighted by Gasteiger charge is 2.39. The van der Waals surface area contributed by atoms with E-state index < -0.39 is 44.7 Å². The minimum atomic E-state index is -4.46. The molecule has 0 aromatic heterocycles. The standard InChI is InChI=1S/C47H80NO11P/c1-3-5-7-8-9-10-11-12-13-14-15-16-17-18-19-20-21-22-27-31-46(52)56-38-41(39-58-60(54,55)57-36-35-48)59-47(53)32-28-24-23-26-30-42-43(45(51)37-44(42)50)34-33-40(49)29-25-6-4-2/h9-10,12-13,15-16,18-19,33-34,40-43,45,49,51H,3-8,11,14,17,20-32,35-39,48H2,1-2H3,(H,54,55)/b10-9-,13-12-,16-15-,19-18-,34-33+/t40-,41+,42+,43+,45+/m0/s1. The molecule has 344 valence electrons. The van der Waals surface area contributed by atoms with Gasteiger partial charge in [-0.3, -0.25) is 23.4 Å². The maximum atomic E-state index is 12.7. The minimum Gasteiger partial charge on any atom is -0.462 e. The predicted octanol–water partition coefficient (Wildman–Crippen LogP) is 9.86. The first-order valence-electron chi connectivity index (χ1n) is 22.9. The lowest BCUT2D eigenvalue weighted by atomic mass is 9.88. The van der Waals surface area contributed by atoms with Gasteiger partial charge in [0.1, 0.15) is 12.4 Å². The summed E-state index contributed by atoms with van der Waals surface area (Å²) in [6.45, 7) is 3.28. The summed E-state index contributed by atoms with van der Waals surface area (Å²) >= 11 is 0. The molecule has 0 aliphatic heterocycles. The lowest BCUT2D eigenvalue weighted by molar-refractivity contribution is -0.161. The maximum Gasteiger partial charge on any atom is 0.472 e. The van der Waals surface area contributed by atoms with Crippen molar-refractivity contribution in [1.29, 1.82) is 0 Å². The Labute approximate surface area is 361 Å². The number of allylic oxidation sites excluding steroid dienone is 8. The first kappa shape index (κ1) is 55.3. The van der Waals surface area contributed by atoms with Crippen LogP contribution in [0, 0.1) is 11.8 Å². The first-order valence-corrected chi connectivity index (χ1v) is 24.4. The topological polar surface area (TPSA) is 192 Å². The van der Waals surface area contributed by atoms with Crippen LogP contribution in [0.5, 0.6) is 0 Å². The summed E-state index contributed by atoms with van der Waals surface area (Å²) in [5.41, 5.74) is 5.35. The number of aliphatic hydroxyl groups is 2. The number of hydrogen-bond acceptors (Lipinski definition) is 11. The Morgan fingerprint density at radius 2 is 1.33 bits per heavy atom. The molecule has 60 heavy (non-hydrogen) atoms. The van der Waals surface area contributed by atoms with E-state index in [9.17, 15) is 34.1 Å². The smallest absolute Gasteiger partial charge is 0.462 e. The molecule has 1 aliphatic rings. The van der Waals surface area contributed by atoms with Crippen LogP contribution in [0.25, 0.3) is 0 Å². The van der Waals surface area contributed by atoms with Crippen molar-refractivity contribution >= 4 is 25.5 Å². The number of aliphatic hydroxyl groups excluding tert-OH is 2. The van der Waals surface area contributed by atoms with E-state index in [1.807, 2.05) is 0 Å². The van der Waals surface area contributed by atoms with Gasteiger partial charge in [-0.15, -0.1) is 0 Å². The Morgan fingerprint density at radius 1 is 0.767 bits per heavy atom. The number of phosphoric ester groups is 1. The van der Waals surface area contributed by atoms with Crippen LogP contribution in [0.1, 0.15) is 162 Å². The number of Topliss-reactive ketones (excluding diaryl/α,β-unsaturated/α-hetero) is 1. The van der Waals surface area contributed by atoms with E-state index in [2.05, 4.69) is 62.5 Å². The Hall–Kier alpha value is -2.70. The van der Waals surface area contributed by atoms with Crippen LogP contribution < -0.4 is 5.73 Å². The normalized spacial score (nSPS) is 19.4. The number of ether oxygens (including phenoxy) is 2. The monoisotopic (exact) mass is 866 g/mol. The Kier molecular flexibility index (Phi) is 34.0. The van der Waals surface area contributed by atoms with Crippen molar-refractivity contribution in [1.82, 2.24) is 0 Å². The molecule has 5 N–H and O–H groups in total. The van der Waals surface area contributed by atoms with Crippen LogP contribution in [-0.2, 0) is 37.5 Å². The molecule has 12 nitrogen and oxygen atoms in total. The van der Waals surface area contributed by atoms with E-state index in [4.69, 9.17) is 24.3 Å². The van der Waals surface area contributed by atoms with Crippen molar-refractivity contribution in [2.24, 2.45) is 17.6 Å². The number of carbonyl (C=O) groups is 3. The fourth-order valence-corrected chi connectivity index (χ4v) is 7.57. The molecule has 0 heterocycles. The number of hydrogen-bond donors (Lipinski definition) is 4. The molecule has 0 aromatic carbocycles. The number of ketones is 1. The molecule has 1 saturated carbocycles. The molecule has 1 rings (SSSR count). The molecule has 1 aliphatic carbocycles. The second kappa shape index (κ2) is 36.9. The average molecular weight is 866 g/mol. The van der Waals surface area contributed by atoms with Gasteiger partial charge >= 0.3 is 19.8 Å². The fraction of sp³-hybridized carbons (Fsp3) is 0.723. The molecular formula is C47H80NO11P. The van der Waals surface area contributed by atoms with E-state index in [0.29, 0.717) is 32.1 Å². The van der Waals surface area contributed by atoms with Gasteiger partial charge in [0.25, 0.3) is 0 Å². The van der Waals surface area contributed by atoms with Crippen molar-refractivity contribution in [2.75, 3.05) is 26.4 Å². The van der Waals surface area contributed by atoms with Gasteiger partial charge in [-0.2, -0.15) is 0 Å². The Balaban J connectivity index is 2.38. The predicted molar refractivity (Wildman–Crippen MR) is 239 cm³/mol. The number of esters is 2.